The number of hydrogen-bond donors (Lipinski definition) is 2. The molecule has 0 aliphatic rings. The highest BCUT2D eigenvalue weighted by molar-refractivity contribution is 5.87. The number of carbonyl (C=O) groups is 1. The number of rotatable bonds is 3. The number of aryl methyl sites for hydroxylation is 1. The predicted octanol–water partition coefficient (Wildman–Crippen LogP) is 1.11. The van der Waals surface area contributed by atoms with Crippen molar-refractivity contribution in [3.63, 3.8) is 0 Å². The van der Waals surface area contributed by atoms with Crippen molar-refractivity contribution in [3.8, 4) is 6.07 Å². The summed E-state index contributed by atoms with van der Waals surface area (Å²) in [7, 11) is 0. The molecule has 0 radical (unpaired) electrons. The average molecular weight is 216 g/mol. The van der Waals surface area contributed by atoms with Crippen molar-refractivity contribution >= 4 is 17.0 Å². The second-order valence-electron chi connectivity index (χ2n) is 3.23. The summed E-state index contributed by atoms with van der Waals surface area (Å²) in [5, 5.41) is 18.0. The monoisotopic (exact) mass is 216 g/mol. The van der Waals surface area contributed by atoms with Gasteiger partial charge in [-0.2, -0.15) is 5.26 Å². The van der Waals surface area contributed by atoms with Crippen molar-refractivity contribution in [1.82, 2.24) is 15.0 Å². The molecule has 6 heteroatoms. The van der Waals surface area contributed by atoms with Crippen LogP contribution < -0.4 is 0 Å². The van der Waals surface area contributed by atoms with Crippen LogP contribution in [0.2, 0.25) is 0 Å². The lowest BCUT2D eigenvalue weighted by molar-refractivity contribution is 0.0684. The molecule has 2 aromatic rings. The number of carboxylic acid groups (broad SMARTS) is 1. The molecular formula is C10H8N4O2. The van der Waals surface area contributed by atoms with Crippen LogP contribution in [0.1, 0.15) is 22.6 Å². The van der Waals surface area contributed by atoms with Crippen LogP contribution in [0.15, 0.2) is 12.4 Å². The van der Waals surface area contributed by atoms with Gasteiger partial charge >= 0.3 is 5.97 Å². The smallest absolute Gasteiger partial charge is 0.374 e. The first-order valence-corrected chi connectivity index (χ1v) is 4.65. The summed E-state index contributed by atoms with van der Waals surface area (Å²) in [4.78, 5) is 21.1. The van der Waals surface area contributed by atoms with Gasteiger partial charge in [0.25, 0.3) is 0 Å². The van der Waals surface area contributed by atoms with Crippen LogP contribution in [0.5, 0.6) is 0 Å². The van der Waals surface area contributed by atoms with Crippen molar-refractivity contribution in [2.45, 2.75) is 12.8 Å². The number of nitriles is 1. The van der Waals surface area contributed by atoms with E-state index in [-0.39, 0.29) is 5.82 Å². The highest BCUT2D eigenvalue weighted by Gasteiger charge is 2.10. The lowest BCUT2D eigenvalue weighted by Crippen LogP contribution is -2.03. The maximum atomic E-state index is 10.6. The zero-order valence-corrected chi connectivity index (χ0v) is 8.27. The molecule has 2 rings (SSSR count). The Morgan fingerprint density at radius 3 is 3.12 bits per heavy atom. The molecule has 80 valence electrons. The van der Waals surface area contributed by atoms with Crippen LogP contribution in [0.25, 0.3) is 11.0 Å². The topological polar surface area (TPSA) is 103 Å². The van der Waals surface area contributed by atoms with Crippen molar-refractivity contribution in [2.24, 2.45) is 0 Å². The second kappa shape index (κ2) is 3.98. The van der Waals surface area contributed by atoms with Gasteiger partial charge in [0.2, 0.25) is 5.82 Å². The Kier molecular flexibility index (Phi) is 2.52. The Bertz CT molecular complexity index is 582. The van der Waals surface area contributed by atoms with E-state index in [0.717, 1.165) is 10.9 Å². The van der Waals surface area contributed by atoms with E-state index in [1.54, 1.807) is 6.20 Å². The Morgan fingerprint density at radius 2 is 2.44 bits per heavy atom. The quantitative estimate of drug-likeness (QED) is 0.799. The van der Waals surface area contributed by atoms with Gasteiger partial charge in [-0.05, 0) is 12.0 Å². The van der Waals surface area contributed by atoms with Gasteiger partial charge in [-0.25, -0.2) is 14.8 Å². The standard InChI is InChI=1S/C10H8N4O2/c11-3-1-2-6-4-12-8-7(6)5-13-9(14-8)10(15)16/h4-5H,1-2H2,(H,15,16)(H,12,13,14). The third-order valence-corrected chi connectivity index (χ3v) is 2.22. The number of aromatic carboxylic acids is 1. The number of hydrogen-bond acceptors (Lipinski definition) is 4. The Balaban J connectivity index is 2.43. The van der Waals surface area contributed by atoms with Crippen molar-refractivity contribution in [1.29, 1.82) is 5.26 Å². The lowest BCUT2D eigenvalue weighted by atomic mass is 10.1. The second-order valence-corrected chi connectivity index (χ2v) is 3.23. The highest BCUT2D eigenvalue weighted by atomic mass is 16.4. The predicted molar refractivity (Wildman–Crippen MR) is 54.8 cm³/mol. The Hall–Kier alpha value is -2.42. The summed E-state index contributed by atoms with van der Waals surface area (Å²) in [6.45, 7) is 0. The molecule has 0 aliphatic carbocycles. The molecule has 0 spiro atoms. The molecule has 0 aliphatic heterocycles. The summed E-state index contributed by atoms with van der Waals surface area (Å²) >= 11 is 0. The number of H-pyrrole nitrogens is 1. The molecule has 0 saturated heterocycles. The minimum atomic E-state index is -1.16. The van der Waals surface area contributed by atoms with E-state index in [9.17, 15) is 4.79 Å². The molecule has 6 nitrogen and oxygen atoms in total. The fourth-order valence-corrected chi connectivity index (χ4v) is 1.46. The molecule has 16 heavy (non-hydrogen) atoms. The van der Waals surface area contributed by atoms with Crippen molar-refractivity contribution < 1.29 is 9.90 Å². The molecule has 0 fully saturated rings. The van der Waals surface area contributed by atoms with Crippen molar-refractivity contribution in [2.75, 3.05) is 0 Å². The van der Waals surface area contributed by atoms with E-state index in [0.29, 0.717) is 18.5 Å². The van der Waals surface area contributed by atoms with Gasteiger partial charge in [0.1, 0.15) is 5.65 Å². The zero-order chi connectivity index (χ0) is 11.5. The highest BCUT2D eigenvalue weighted by Crippen LogP contribution is 2.16. The number of fused-ring (bicyclic) bond motifs is 1. The van der Waals surface area contributed by atoms with E-state index in [4.69, 9.17) is 10.4 Å². The maximum absolute atomic E-state index is 10.6. The van der Waals surface area contributed by atoms with Crippen LogP contribution >= 0.6 is 0 Å². The zero-order valence-electron chi connectivity index (χ0n) is 8.27. The molecule has 0 atom stereocenters. The minimum Gasteiger partial charge on any atom is -0.475 e. The first-order chi connectivity index (χ1) is 7.72. The number of aromatic nitrogens is 3. The number of carboxylic acids is 1. The van der Waals surface area contributed by atoms with Gasteiger partial charge in [-0.3, -0.25) is 0 Å². The van der Waals surface area contributed by atoms with Crippen LogP contribution in [0.4, 0.5) is 0 Å². The summed E-state index contributed by atoms with van der Waals surface area (Å²) in [6.07, 6.45) is 4.21. The summed E-state index contributed by atoms with van der Waals surface area (Å²) in [5.41, 5.74) is 1.41. The molecule has 0 aromatic carbocycles. The van der Waals surface area contributed by atoms with Crippen LogP contribution in [-0.2, 0) is 6.42 Å². The largest absolute Gasteiger partial charge is 0.475 e. The van der Waals surface area contributed by atoms with E-state index >= 15 is 0 Å². The van der Waals surface area contributed by atoms with E-state index < -0.39 is 5.97 Å². The molecule has 0 unspecified atom stereocenters. The molecule has 2 heterocycles. The molecular weight excluding hydrogens is 208 g/mol. The average Bonchev–Trinajstić information content (AvgIpc) is 2.68. The van der Waals surface area contributed by atoms with Crippen LogP contribution in [0.3, 0.4) is 0 Å². The van der Waals surface area contributed by atoms with Gasteiger partial charge in [-0.1, -0.05) is 0 Å². The molecule has 0 amide bonds. The van der Waals surface area contributed by atoms with E-state index in [1.165, 1.54) is 6.20 Å². The minimum absolute atomic E-state index is 0.235. The van der Waals surface area contributed by atoms with Gasteiger partial charge < -0.3 is 10.1 Å². The molecule has 0 saturated carbocycles. The fraction of sp³-hybridized carbons (Fsp3) is 0.200. The summed E-state index contributed by atoms with van der Waals surface area (Å²) in [5.74, 6) is -1.39. The number of aromatic amines is 1. The fourth-order valence-electron chi connectivity index (χ4n) is 1.46. The molecule has 0 bridgehead atoms. The lowest BCUT2D eigenvalue weighted by Gasteiger charge is -1.95. The third-order valence-electron chi connectivity index (χ3n) is 2.22. The number of nitrogens with one attached hydrogen (secondary N) is 1. The number of nitrogens with zero attached hydrogens (tertiary/aromatic N) is 3. The summed E-state index contributed by atoms with van der Waals surface area (Å²) in [6, 6.07) is 2.05. The first kappa shape index (κ1) is 10.1. The Morgan fingerprint density at radius 1 is 1.62 bits per heavy atom. The van der Waals surface area contributed by atoms with Gasteiger partial charge in [0, 0.05) is 24.2 Å². The first-order valence-electron chi connectivity index (χ1n) is 4.65. The van der Waals surface area contributed by atoms with E-state index in [2.05, 4.69) is 21.0 Å². The maximum Gasteiger partial charge on any atom is 0.374 e. The van der Waals surface area contributed by atoms with Crippen LogP contribution in [0, 0.1) is 11.3 Å². The normalized spacial score (nSPS) is 10.2. The van der Waals surface area contributed by atoms with Gasteiger partial charge in [-0.15, -0.1) is 0 Å². The van der Waals surface area contributed by atoms with Crippen LogP contribution in [-0.4, -0.2) is 26.0 Å². The molecule has 2 N–H and O–H groups in total. The SMILES string of the molecule is N#CCCc1c[nH]c2nc(C(=O)O)ncc12. The van der Waals surface area contributed by atoms with E-state index in [1.807, 2.05) is 0 Å². The van der Waals surface area contributed by atoms with Gasteiger partial charge in [0.15, 0.2) is 0 Å². The molecule has 2 aromatic heterocycles. The van der Waals surface area contributed by atoms with Crippen molar-refractivity contribution in [3.05, 3.63) is 23.8 Å². The van der Waals surface area contributed by atoms with Gasteiger partial charge in [0.05, 0.1) is 6.07 Å². The summed E-state index contributed by atoms with van der Waals surface area (Å²) < 4.78 is 0. The third kappa shape index (κ3) is 1.70. The Labute approximate surface area is 90.6 Å².